The molecule has 0 amide bonds. The highest BCUT2D eigenvalue weighted by atomic mass is 79.9. The number of phenolic OH excluding ortho intramolecular Hbond substituents is 1. The minimum atomic E-state index is -3.74. The van der Waals surface area contributed by atoms with Crippen molar-refractivity contribution in [1.82, 2.24) is 0 Å². The van der Waals surface area contributed by atoms with E-state index in [4.69, 9.17) is 4.74 Å². The van der Waals surface area contributed by atoms with Crippen LogP contribution in [0.2, 0.25) is 0 Å². The maximum Gasteiger partial charge on any atom is 0.262 e. The molecule has 106 valence electrons. The predicted molar refractivity (Wildman–Crippen MR) is 79.6 cm³/mol. The Balaban J connectivity index is 2.31. The largest absolute Gasteiger partial charge is 0.508 e. The molecule has 2 aromatic rings. The fraction of sp³-hybridized carbons (Fsp3) is 0.0769. The van der Waals surface area contributed by atoms with E-state index in [-0.39, 0.29) is 10.6 Å². The Kier molecular flexibility index (Phi) is 4.20. The summed E-state index contributed by atoms with van der Waals surface area (Å²) in [7, 11) is -2.22. The molecule has 0 fully saturated rings. The standard InChI is InChI=1S/C13H12BrNO4S/c1-19-13-6-5-9(7-12(13)14)15-20(17,18)11-4-2-3-10(16)8-11/h2-8,15-16H,1H3. The van der Waals surface area contributed by atoms with Crippen molar-refractivity contribution < 1.29 is 18.3 Å². The number of sulfonamides is 1. The number of ether oxygens (including phenoxy) is 1. The van der Waals surface area contributed by atoms with Crippen molar-refractivity contribution in [2.45, 2.75) is 4.90 Å². The van der Waals surface area contributed by atoms with Gasteiger partial charge in [0, 0.05) is 6.07 Å². The summed E-state index contributed by atoms with van der Waals surface area (Å²) in [6, 6.07) is 10.3. The Morgan fingerprint density at radius 1 is 1.20 bits per heavy atom. The van der Waals surface area contributed by atoms with Crippen LogP contribution in [0.1, 0.15) is 0 Å². The van der Waals surface area contributed by atoms with E-state index in [9.17, 15) is 13.5 Å². The second-order valence-electron chi connectivity index (χ2n) is 3.95. The van der Waals surface area contributed by atoms with E-state index in [1.54, 1.807) is 18.2 Å². The number of hydrogen-bond donors (Lipinski definition) is 2. The van der Waals surface area contributed by atoms with Crippen LogP contribution in [0.4, 0.5) is 5.69 Å². The fourth-order valence-corrected chi connectivity index (χ4v) is 3.22. The zero-order valence-electron chi connectivity index (χ0n) is 10.5. The second kappa shape index (κ2) is 5.72. The van der Waals surface area contributed by atoms with Gasteiger partial charge in [0.2, 0.25) is 0 Å². The molecule has 2 aromatic carbocycles. The van der Waals surface area contributed by atoms with Crippen LogP contribution in [0.25, 0.3) is 0 Å². The molecule has 2 rings (SSSR count). The number of halogens is 1. The maximum absolute atomic E-state index is 12.2. The van der Waals surface area contributed by atoms with Crippen LogP contribution in [0.5, 0.6) is 11.5 Å². The quantitative estimate of drug-likeness (QED) is 0.881. The summed E-state index contributed by atoms with van der Waals surface area (Å²) in [4.78, 5) is -0.00978. The molecule has 20 heavy (non-hydrogen) atoms. The molecule has 0 unspecified atom stereocenters. The molecule has 0 heterocycles. The molecule has 0 aliphatic heterocycles. The molecule has 0 radical (unpaired) electrons. The Hall–Kier alpha value is -1.73. The Morgan fingerprint density at radius 3 is 2.55 bits per heavy atom. The molecule has 0 bridgehead atoms. The number of anilines is 1. The highest BCUT2D eigenvalue weighted by Crippen LogP contribution is 2.29. The van der Waals surface area contributed by atoms with Gasteiger partial charge in [0.25, 0.3) is 10.0 Å². The van der Waals surface area contributed by atoms with Crippen molar-refractivity contribution in [2.75, 3.05) is 11.8 Å². The van der Waals surface area contributed by atoms with Crippen LogP contribution in [0.3, 0.4) is 0 Å². The molecule has 0 aliphatic rings. The molecule has 7 heteroatoms. The van der Waals surface area contributed by atoms with Crippen LogP contribution in [0, 0.1) is 0 Å². The van der Waals surface area contributed by atoms with E-state index in [1.165, 1.54) is 31.4 Å². The number of rotatable bonds is 4. The lowest BCUT2D eigenvalue weighted by molar-refractivity contribution is 0.412. The van der Waals surface area contributed by atoms with Crippen molar-refractivity contribution in [3.8, 4) is 11.5 Å². The molecule has 0 saturated heterocycles. The molecule has 2 N–H and O–H groups in total. The highest BCUT2D eigenvalue weighted by Gasteiger charge is 2.15. The minimum absolute atomic E-state index is 0.00978. The summed E-state index contributed by atoms with van der Waals surface area (Å²) in [5.74, 6) is 0.495. The van der Waals surface area contributed by atoms with Crippen LogP contribution < -0.4 is 9.46 Å². The highest BCUT2D eigenvalue weighted by molar-refractivity contribution is 9.10. The molecule has 0 spiro atoms. The van der Waals surface area contributed by atoms with Crippen molar-refractivity contribution in [2.24, 2.45) is 0 Å². The molecule has 0 aromatic heterocycles. The third kappa shape index (κ3) is 3.23. The first-order valence-electron chi connectivity index (χ1n) is 5.58. The summed E-state index contributed by atoms with van der Waals surface area (Å²) >= 11 is 3.28. The lowest BCUT2D eigenvalue weighted by atomic mass is 10.3. The third-order valence-electron chi connectivity index (χ3n) is 2.53. The van der Waals surface area contributed by atoms with Gasteiger partial charge >= 0.3 is 0 Å². The van der Waals surface area contributed by atoms with Gasteiger partial charge in [0.1, 0.15) is 11.5 Å². The van der Waals surface area contributed by atoms with E-state index < -0.39 is 10.0 Å². The van der Waals surface area contributed by atoms with E-state index in [2.05, 4.69) is 20.7 Å². The summed E-state index contributed by atoms with van der Waals surface area (Å²) in [6.07, 6.45) is 0. The van der Waals surface area contributed by atoms with Gasteiger partial charge in [-0.15, -0.1) is 0 Å². The van der Waals surface area contributed by atoms with Gasteiger partial charge in [0.05, 0.1) is 22.2 Å². The Labute approximate surface area is 125 Å². The Bertz CT molecular complexity index is 731. The van der Waals surface area contributed by atoms with E-state index in [1.807, 2.05) is 0 Å². The van der Waals surface area contributed by atoms with Crippen LogP contribution in [0.15, 0.2) is 51.8 Å². The normalized spacial score (nSPS) is 11.1. The van der Waals surface area contributed by atoms with Crippen LogP contribution in [-0.4, -0.2) is 20.6 Å². The number of methoxy groups -OCH3 is 1. The first-order chi connectivity index (χ1) is 9.42. The van der Waals surface area contributed by atoms with Gasteiger partial charge in [-0.05, 0) is 46.3 Å². The first-order valence-corrected chi connectivity index (χ1v) is 7.85. The lowest BCUT2D eigenvalue weighted by Crippen LogP contribution is -2.12. The Morgan fingerprint density at radius 2 is 1.95 bits per heavy atom. The third-order valence-corrected chi connectivity index (χ3v) is 4.53. The molecule has 5 nitrogen and oxygen atoms in total. The molecule has 0 atom stereocenters. The smallest absolute Gasteiger partial charge is 0.262 e. The number of benzene rings is 2. The van der Waals surface area contributed by atoms with Gasteiger partial charge < -0.3 is 9.84 Å². The summed E-state index contributed by atoms with van der Waals surface area (Å²) in [5, 5.41) is 9.34. The minimum Gasteiger partial charge on any atom is -0.508 e. The van der Waals surface area contributed by atoms with Crippen molar-refractivity contribution in [1.29, 1.82) is 0 Å². The van der Waals surface area contributed by atoms with Gasteiger partial charge in [0.15, 0.2) is 0 Å². The van der Waals surface area contributed by atoms with Crippen molar-refractivity contribution >= 4 is 31.6 Å². The number of phenols is 1. The zero-order chi connectivity index (χ0) is 14.8. The van der Waals surface area contributed by atoms with Gasteiger partial charge in [-0.3, -0.25) is 4.72 Å². The van der Waals surface area contributed by atoms with Crippen LogP contribution >= 0.6 is 15.9 Å². The van der Waals surface area contributed by atoms with E-state index in [0.717, 1.165) is 0 Å². The van der Waals surface area contributed by atoms with Crippen molar-refractivity contribution in [3.63, 3.8) is 0 Å². The summed E-state index contributed by atoms with van der Waals surface area (Å²) < 4.78 is 32.4. The molecular formula is C13H12BrNO4S. The maximum atomic E-state index is 12.2. The van der Waals surface area contributed by atoms with Gasteiger partial charge in [-0.2, -0.15) is 0 Å². The second-order valence-corrected chi connectivity index (χ2v) is 6.49. The fourth-order valence-electron chi connectivity index (χ4n) is 1.59. The SMILES string of the molecule is COc1ccc(NS(=O)(=O)c2cccc(O)c2)cc1Br. The average molecular weight is 358 g/mol. The van der Waals surface area contributed by atoms with Gasteiger partial charge in [-0.1, -0.05) is 6.07 Å². The monoisotopic (exact) mass is 357 g/mol. The molecular weight excluding hydrogens is 346 g/mol. The van der Waals surface area contributed by atoms with E-state index >= 15 is 0 Å². The molecule has 0 aliphatic carbocycles. The lowest BCUT2D eigenvalue weighted by Gasteiger charge is -2.10. The number of aromatic hydroxyl groups is 1. The zero-order valence-corrected chi connectivity index (χ0v) is 12.9. The summed E-state index contributed by atoms with van der Waals surface area (Å²) in [5.41, 5.74) is 0.390. The summed E-state index contributed by atoms with van der Waals surface area (Å²) in [6.45, 7) is 0. The van der Waals surface area contributed by atoms with E-state index in [0.29, 0.717) is 15.9 Å². The van der Waals surface area contributed by atoms with Crippen LogP contribution in [-0.2, 0) is 10.0 Å². The first kappa shape index (κ1) is 14.7. The topological polar surface area (TPSA) is 75.6 Å². The van der Waals surface area contributed by atoms with Crippen molar-refractivity contribution in [3.05, 3.63) is 46.9 Å². The number of nitrogens with one attached hydrogen (secondary N) is 1. The predicted octanol–water partition coefficient (Wildman–Crippen LogP) is 2.96. The average Bonchev–Trinajstić information content (AvgIpc) is 2.38. The molecule has 0 saturated carbocycles. The number of hydrogen-bond acceptors (Lipinski definition) is 4. The van der Waals surface area contributed by atoms with Gasteiger partial charge in [-0.25, -0.2) is 8.42 Å².